The minimum Gasteiger partial charge on any atom is -0.312 e. The minimum absolute atomic E-state index is 0.207. The number of nitrogens with zero attached hydrogens (tertiary/aromatic N) is 3. The average Bonchev–Trinajstić information content (AvgIpc) is 2.84. The van der Waals surface area contributed by atoms with Crippen LogP contribution in [0.15, 0.2) is 24.3 Å². The quantitative estimate of drug-likeness (QED) is 0.934. The van der Waals surface area contributed by atoms with Crippen LogP contribution in [0.3, 0.4) is 0 Å². The molecule has 1 unspecified atom stereocenters. The van der Waals surface area contributed by atoms with Crippen molar-refractivity contribution in [3.63, 3.8) is 0 Å². The molecule has 0 aliphatic carbocycles. The standard InChI is InChI=1S/C15H19FN4/c1-10(2)14-15-19-18-13(20(15)8-7-17-14)9-11-3-5-12(16)6-4-11/h3-6,10,14,17H,7-9H2,1-2H3. The Kier molecular flexibility index (Phi) is 3.53. The van der Waals surface area contributed by atoms with Crippen LogP contribution in [0.4, 0.5) is 4.39 Å². The predicted molar refractivity (Wildman–Crippen MR) is 74.8 cm³/mol. The third-order valence-corrected chi connectivity index (χ3v) is 3.78. The summed E-state index contributed by atoms with van der Waals surface area (Å²) in [4.78, 5) is 0. The van der Waals surface area contributed by atoms with Crippen molar-refractivity contribution >= 4 is 0 Å². The molecule has 3 rings (SSSR count). The first-order chi connectivity index (χ1) is 9.65. The van der Waals surface area contributed by atoms with Crippen LogP contribution in [0, 0.1) is 11.7 Å². The Labute approximate surface area is 118 Å². The molecule has 20 heavy (non-hydrogen) atoms. The molecule has 1 aliphatic heterocycles. The molecule has 0 amide bonds. The molecular formula is C15H19FN4. The van der Waals surface area contributed by atoms with Gasteiger partial charge < -0.3 is 9.88 Å². The van der Waals surface area contributed by atoms with Gasteiger partial charge in [0.2, 0.25) is 0 Å². The topological polar surface area (TPSA) is 42.7 Å². The van der Waals surface area contributed by atoms with Crippen LogP contribution < -0.4 is 5.32 Å². The molecule has 0 radical (unpaired) electrons. The molecule has 4 nitrogen and oxygen atoms in total. The second kappa shape index (κ2) is 5.32. The van der Waals surface area contributed by atoms with Gasteiger partial charge in [0.25, 0.3) is 0 Å². The van der Waals surface area contributed by atoms with E-state index < -0.39 is 0 Å². The highest BCUT2D eigenvalue weighted by atomic mass is 19.1. The minimum atomic E-state index is -0.207. The number of benzene rings is 1. The van der Waals surface area contributed by atoms with Crippen LogP contribution in [0.25, 0.3) is 0 Å². The van der Waals surface area contributed by atoms with Crippen molar-refractivity contribution in [3.8, 4) is 0 Å². The van der Waals surface area contributed by atoms with Gasteiger partial charge in [-0.15, -0.1) is 10.2 Å². The number of halogens is 1. The van der Waals surface area contributed by atoms with E-state index in [1.807, 2.05) is 0 Å². The van der Waals surface area contributed by atoms with Crippen LogP contribution in [-0.4, -0.2) is 21.3 Å². The first-order valence-electron chi connectivity index (χ1n) is 7.05. The highest BCUT2D eigenvalue weighted by Crippen LogP contribution is 2.24. The smallest absolute Gasteiger partial charge is 0.150 e. The van der Waals surface area contributed by atoms with E-state index in [1.165, 1.54) is 12.1 Å². The van der Waals surface area contributed by atoms with Crippen LogP contribution in [0.2, 0.25) is 0 Å². The van der Waals surface area contributed by atoms with Gasteiger partial charge in [-0.2, -0.15) is 0 Å². The van der Waals surface area contributed by atoms with E-state index in [0.717, 1.165) is 30.3 Å². The molecule has 1 N–H and O–H groups in total. The summed E-state index contributed by atoms with van der Waals surface area (Å²) < 4.78 is 15.1. The Morgan fingerprint density at radius 2 is 2.05 bits per heavy atom. The number of aromatic nitrogens is 3. The van der Waals surface area contributed by atoms with Crippen molar-refractivity contribution in [1.29, 1.82) is 0 Å². The average molecular weight is 274 g/mol. The summed E-state index contributed by atoms with van der Waals surface area (Å²) >= 11 is 0. The van der Waals surface area contributed by atoms with E-state index in [2.05, 4.69) is 33.9 Å². The first kappa shape index (κ1) is 13.2. The molecule has 1 aromatic heterocycles. The normalized spacial score (nSPS) is 18.3. The molecule has 2 aromatic rings. The van der Waals surface area contributed by atoms with Crippen LogP contribution in [0.5, 0.6) is 0 Å². The zero-order valence-corrected chi connectivity index (χ0v) is 11.8. The molecule has 0 spiro atoms. The Morgan fingerprint density at radius 3 is 2.75 bits per heavy atom. The van der Waals surface area contributed by atoms with Gasteiger partial charge in [0.05, 0.1) is 6.04 Å². The van der Waals surface area contributed by atoms with Crippen molar-refractivity contribution in [2.75, 3.05) is 6.54 Å². The summed E-state index contributed by atoms with van der Waals surface area (Å²) in [7, 11) is 0. The van der Waals surface area contributed by atoms with Crippen molar-refractivity contribution in [1.82, 2.24) is 20.1 Å². The molecule has 0 saturated heterocycles. The van der Waals surface area contributed by atoms with Gasteiger partial charge in [0, 0.05) is 19.5 Å². The SMILES string of the molecule is CC(C)C1NCCn2c(Cc3ccc(F)cc3)nnc21. The van der Waals surface area contributed by atoms with Gasteiger partial charge >= 0.3 is 0 Å². The fraction of sp³-hybridized carbons (Fsp3) is 0.467. The molecular weight excluding hydrogens is 255 g/mol. The number of fused-ring (bicyclic) bond motifs is 1. The van der Waals surface area contributed by atoms with Gasteiger partial charge in [-0.05, 0) is 23.6 Å². The molecule has 5 heteroatoms. The van der Waals surface area contributed by atoms with E-state index in [0.29, 0.717) is 12.3 Å². The lowest BCUT2D eigenvalue weighted by molar-refractivity contribution is 0.335. The van der Waals surface area contributed by atoms with Crippen molar-refractivity contribution in [2.24, 2.45) is 5.92 Å². The molecule has 0 bridgehead atoms. The van der Waals surface area contributed by atoms with Crippen molar-refractivity contribution in [3.05, 3.63) is 47.3 Å². The van der Waals surface area contributed by atoms with Gasteiger partial charge in [-0.25, -0.2) is 4.39 Å². The molecule has 1 aromatic carbocycles. The van der Waals surface area contributed by atoms with E-state index >= 15 is 0 Å². The molecule has 0 saturated carbocycles. The summed E-state index contributed by atoms with van der Waals surface area (Å²) in [6.45, 7) is 6.19. The lowest BCUT2D eigenvalue weighted by Gasteiger charge is -2.27. The fourth-order valence-corrected chi connectivity index (χ4v) is 2.70. The number of rotatable bonds is 3. The highest BCUT2D eigenvalue weighted by Gasteiger charge is 2.26. The third kappa shape index (κ3) is 2.45. The predicted octanol–water partition coefficient (Wildman–Crippen LogP) is 2.31. The largest absolute Gasteiger partial charge is 0.312 e. The zero-order valence-electron chi connectivity index (χ0n) is 11.8. The van der Waals surface area contributed by atoms with Gasteiger partial charge in [-0.3, -0.25) is 0 Å². The summed E-state index contributed by atoms with van der Waals surface area (Å²) in [5, 5.41) is 12.2. The number of hydrogen-bond donors (Lipinski definition) is 1. The third-order valence-electron chi connectivity index (χ3n) is 3.78. The highest BCUT2D eigenvalue weighted by molar-refractivity contribution is 5.21. The second-order valence-electron chi connectivity index (χ2n) is 5.61. The van der Waals surface area contributed by atoms with Crippen LogP contribution in [-0.2, 0) is 13.0 Å². The number of hydrogen-bond acceptors (Lipinski definition) is 3. The molecule has 1 atom stereocenters. The van der Waals surface area contributed by atoms with Crippen molar-refractivity contribution < 1.29 is 4.39 Å². The Balaban J connectivity index is 1.87. The molecule has 106 valence electrons. The lowest BCUT2D eigenvalue weighted by Crippen LogP contribution is -2.37. The molecule has 0 fully saturated rings. The van der Waals surface area contributed by atoms with Crippen LogP contribution >= 0.6 is 0 Å². The maximum atomic E-state index is 12.9. The fourth-order valence-electron chi connectivity index (χ4n) is 2.70. The second-order valence-corrected chi connectivity index (χ2v) is 5.61. The summed E-state index contributed by atoms with van der Waals surface area (Å²) in [5.41, 5.74) is 1.06. The monoisotopic (exact) mass is 274 g/mol. The Morgan fingerprint density at radius 1 is 1.30 bits per heavy atom. The summed E-state index contributed by atoms with van der Waals surface area (Å²) in [6.07, 6.45) is 0.693. The Bertz CT molecular complexity index is 588. The lowest BCUT2D eigenvalue weighted by atomic mass is 10.0. The van der Waals surface area contributed by atoms with Gasteiger partial charge in [0.1, 0.15) is 11.6 Å². The maximum Gasteiger partial charge on any atom is 0.150 e. The number of nitrogens with one attached hydrogen (secondary N) is 1. The van der Waals surface area contributed by atoms with E-state index in [9.17, 15) is 4.39 Å². The van der Waals surface area contributed by atoms with Crippen molar-refractivity contribution in [2.45, 2.75) is 32.9 Å². The maximum absolute atomic E-state index is 12.9. The first-order valence-corrected chi connectivity index (χ1v) is 7.05. The van der Waals surface area contributed by atoms with Gasteiger partial charge in [0.15, 0.2) is 5.82 Å². The Hall–Kier alpha value is -1.75. The summed E-state index contributed by atoms with van der Waals surface area (Å²) in [5.74, 6) is 2.25. The molecule has 2 heterocycles. The summed E-state index contributed by atoms with van der Waals surface area (Å²) in [6, 6.07) is 6.84. The van der Waals surface area contributed by atoms with Crippen LogP contribution in [0.1, 0.15) is 37.1 Å². The van der Waals surface area contributed by atoms with E-state index in [4.69, 9.17) is 0 Å². The zero-order chi connectivity index (χ0) is 14.1. The molecule has 1 aliphatic rings. The van der Waals surface area contributed by atoms with E-state index in [1.54, 1.807) is 12.1 Å². The van der Waals surface area contributed by atoms with E-state index in [-0.39, 0.29) is 11.9 Å². The van der Waals surface area contributed by atoms with Gasteiger partial charge in [-0.1, -0.05) is 26.0 Å².